The number of hydrogen-bond donors (Lipinski definition) is 1. The van der Waals surface area contributed by atoms with Gasteiger partial charge in [0.15, 0.2) is 0 Å². The minimum Gasteiger partial charge on any atom is -0.354 e. The van der Waals surface area contributed by atoms with Gasteiger partial charge in [0.05, 0.1) is 5.02 Å². The van der Waals surface area contributed by atoms with Crippen LogP contribution in [0.3, 0.4) is 0 Å². The minimum absolute atomic E-state index is 0.380. The maximum Gasteiger partial charge on any atom is 0.141 e. The summed E-state index contributed by atoms with van der Waals surface area (Å²) < 4.78 is 2.25. The van der Waals surface area contributed by atoms with Gasteiger partial charge in [-0.3, -0.25) is 0 Å². The van der Waals surface area contributed by atoms with Crippen molar-refractivity contribution in [2.45, 2.75) is 32.7 Å². The molecule has 1 aliphatic rings. The number of rotatable bonds is 2. The summed E-state index contributed by atoms with van der Waals surface area (Å²) in [6.07, 6.45) is 2.73. The summed E-state index contributed by atoms with van der Waals surface area (Å²) in [5, 5.41) is 10.4. The first-order valence-electron chi connectivity index (χ1n) is 7.94. The minimum atomic E-state index is 0.380. The number of hydrogen-bond acceptors (Lipinski definition) is 4. The molecule has 0 fully saturated rings. The zero-order chi connectivity index (χ0) is 16.0. The summed E-state index contributed by atoms with van der Waals surface area (Å²) in [5.74, 6) is 3.41. The summed E-state index contributed by atoms with van der Waals surface area (Å²) in [6, 6.07) is 3.90. The van der Waals surface area contributed by atoms with Crippen LogP contribution in [0, 0.1) is 0 Å². The van der Waals surface area contributed by atoms with Crippen molar-refractivity contribution in [1.82, 2.24) is 24.7 Å². The van der Waals surface area contributed by atoms with Crippen LogP contribution in [-0.2, 0) is 13.0 Å². The van der Waals surface area contributed by atoms with Crippen molar-refractivity contribution in [3.63, 3.8) is 0 Å². The van der Waals surface area contributed by atoms with Gasteiger partial charge >= 0.3 is 0 Å². The van der Waals surface area contributed by atoms with E-state index in [9.17, 15) is 0 Å². The van der Waals surface area contributed by atoms with Crippen LogP contribution < -0.4 is 4.90 Å². The number of aromatic amines is 1. The third-order valence-corrected chi connectivity index (χ3v) is 4.67. The molecule has 0 unspecified atom stereocenters. The Morgan fingerprint density at radius 3 is 2.91 bits per heavy atom. The van der Waals surface area contributed by atoms with Crippen molar-refractivity contribution in [3.8, 4) is 0 Å². The second-order valence-electron chi connectivity index (χ2n) is 6.22. The van der Waals surface area contributed by atoms with Crippen LogP contribution in [0.15, 0.2) is 18.3 Å². The Hall–Kier alpha value is -2.08. The van der Waals surface area contributed by atoms with E-state index in [0.29, 0.717) is 5.92 Å². The van der Waals surface area contributed by atoms with Crippen molar-refractivity contribution in [2.75, 3.05) is 18.0 Å². The zero-order valence-corrected chi connectivity index (χ0v) is 14.0. The van der Waals surface area contributed by atoms with Gasteiger partial charge < -0.3 is 14.5 Å². The second-order valence-corrected chi connectivity index (χ2v) is 6.63. The lowest BCUT2D eigenvalue weighted by molar-refractivity contribution is 0.617. The first kappa shape index (κ1) is 14.5. The van der Waals surface area contributed by atoms with E-state index in [1.165, 1.54) is 0 Å². The largest absolute Gasteiger partial charge is 0.354 e. The van der Waals surface area contributed by atoms with Gasteiger partial charge in [0.25, 0.3) is 0 Å². The predicted octanol–water partition coefficient (Wildman–Crippen LogP) is 2.99. The van der Waals surface area contributed by atoms with Gasteiger partial charge in [-0.05, 0) is 6.07 Å². The van der Waals surface area contributed by atoms with Crippen molar-refractivity contribution >= 4 is 28.5 Å². The molecule has 4 rings (SSSR count). The maximum absolute atomic E-state index is 6.38. The molecule has 6 nitrogen and oxygen atoms in total. The van der Waals surface area contributed by atoms with Gasteiger partial charge in [-0.2, -0.15) is 0 Å². The van der Waals surface area contributed by atoms with Gasteiger partial charge in [0.1, 0.15) is 23.1 Å². The molecule has 23 heavy (non-hydrogen) atoms. The SMILES string of the molecule is CC(C)c1nnc2n1CCN(c1cc(Cl)c3cc[nH]c3n1)CC2. The fourth-order valence-corrected chi connectivity index (χ4v) is 3.40. The maximum atomic E-state index is 6.38. The number of halogens is 1. The molecule has 1 aliphatic heterocycles. The summed E-state index contributed by atoms with van der Waals surface area (Å²) in [5.41, 5.74) is 0.832. The monoisotopic (exact) mass is 330 g/mol. The molecule has 0 aromatic carbocycles. The van der Waals surface area contributed by atoms with Gasteiger partial charge in [-0.1, -0.05) is 25.4 Å². The average Bonchev–Trinajstić information content (AvgIpc) is 3.10. The molecule has 0 saturated heterocycles. The highest BCUT2D eigenvalue weighted by atomic mass is 35.5. The molecule has 0 spiro atoms. The van der Waals surface area contributed by atoms with Crippen LogP contribution in [0.25, 0.3) is 11.0 Å². The van der Waals surface area contributed by atoms with Gasteiger partial charge in [0.2, 0.25) is 0 Å². The highest BCUT2D eigenvalue weighted by Gasteiger charge is 2.21. The van der Waals surface area contributed by atoms with E-state index in [-0.39, 0.29) is 0 Å². The molecule has 0 bridgehead atoms. The Balaban J connectivity index is 1.64. The van der Waals surface area contributed by atoms with Crippen LogP contribution >= 0.6 is 11.6 Å². The summed E-state index contributed by atoms with van der Waals surface area (Å²) >= 11 is 6.38. The number of anilines is 1. The third-order valence-electron chi connectivity index (χ3n) is 4.36. The number of nitrogens with zero attached hydrogens (tertiary/aromatic N) is 5. The normalized spacial score (nSPS) is 15.2. The van der Waals surface area contributed by atoms with Crippen LogP contribution in [0.2, 0.25) is 5.02 Å². The second kappa shape index (κ2) is 5.53. The highest BCUT2D eigenvalue weighted by Crippen LogP contribution is 2.27. The van der Waals surface area contributed by atoms with Crippen LogP contribution in [-0.4, -0.2) is 37.8 Å². The Kier molecular flexibility index (Phi) is 3.49. The number of aromatic nitrogens is 5. The Morgan fingerprint density at radius 2 is 2.09 bits per heavy atom. The molecule has 0 amide bonds. The molecule has 120 valence electrons. The molecule has 1 N–H and O–H groups in total. The van der Waals surface area contributed by atoms with E-state index in [2.05, 4.69) is 38.5 Å². The van der Waals surface area contributed by atoms with Crippen molar-refractivity contribution in [1.29, 1.82) is 0 Å². The zero-order valence-electron chi connectivity index (χ0n) is 13.3. The lowest BCUT2D eigenvalue weighted by Crippen LogP contribution is -2.27. The van der Waals surface area contributed by atoms with Gasteiger partial charge in [-0.15, -0.1) is 10.2 Å². The Morgan fingerprint density at radius 1 is 1.22 bits per heavy atom. The number of pyridine rings is 1. The van der Waals surface area contributed by atoms with Gasteiger partial charge in [0, 0.05) is 49.6 Å². The topological polar surface area (TPSA) is 62.6 Å². The van der Waals surface area contributed by atoms with Crippen LogP contribution in [0.5, 0.6) is 0 Å². The molecule has 0 atom stereocenters. The summed E-state index contributed by atoms with van der Waals surface area (Å²) in [6.45, 7) is 6.92. The lowest BCUT2D eigenvalue weighted by Gasteiger charge is -2.21. The molecule has 7 heteroatoms. The van der Waals surface area contributed by atoms with E-state index in [1.54, 1.807) is 0 Å². The fourth-order valence-electron chi connectivity index (χ4n) is 3.15. The molecule has 0 saturated carbocycles. The van der Waals surface area contributed by atoms with E-state index in [1.807, 2.05) is 18.3 Å². The van der Waals surface area contributed by atoms with Crippen molar-refractivity contribution < 1.29 is 0 Å². The van der Waals surface area contributed by atoms with E-state index in [4.69, 9.17) is 16.6 Å². The van der Waals surface area contributed by atoms with E-state index < -0.39 is 0 Å². The first-order valence-corrected chi connectivity index (χ1v) is 8.32. The standard InChI is InChI=1S/C16H19ClN6/c1-10(2)16-21-20-13-4-6-22(7-8-23(13)16)14-9-12(17)11-3-5-18-15(11)19-14/h3,5,9-10H,4,6-8H2,1-2H3,(H,18,19). The quantitative estimate of drug-likeness (QED) is 0.784. The summed E-state index contributed by atoms with van der Waals surface area (Å²) in [4.78, 5) is 10.1. The smallest absolute Gasteiger partial charge is 0.141 e. The molecular formula is C16H19ClN6. The average molecular weight is 331 g/mol. The predicted molar refractivity (Wildman–Crippen MR) is 91.1 cm³/mol. The molecule has 0 aliphatic carbocycles. The molecule has 3 aromatic heterocycles. The third kappa shape index (κ3) is 2.47. The van der Waals surface area contributed by atoms with Crippen LogP contribution in [0.1, 0.15) is 31.4 Å². The first-order chi connectivity index (χ1) is 11.1. The van der Waals surface area contributed by atoms with Crippen LogP contribution in [0.4, 0.5) is 5.82 Å². The number of nitrogens with one attached hydrogen (secondary N) is 1. The van der Waals surface area contributed by atoms with E-state index in [0.717, 1.165) is 59.6 Å². The van der Waals surface area contributed by atoms with Crippen molar-refractivity contribution in [2.24, 2.45) is 0 Å². The van der Waals surface area contributed by atoms with E-state index >= 15 is 0 Å². The van der Waals surface area contributed by atoms with Crippen molar-refractivity contribution in [3.05, 3.63) is 35.0 Å². The molecular weight excluding hydrogens is 312 g/mol. The Bertz CT molecular complexity index is 849. The molecule has 0 radical (unpaired) electrons. The molecule has 3 aromatic rings. The summed E-state index contributed by atoms with van der Waals surface area (Å²) in [7, 11) is 0. The molecule has 4 heterocycles. The fraction of sp³-hybridized carbons (Fsp3) is 0.438. The number of fused-ring (bicyclic) bond motifs is 2. The Labute approximate surface area is 139 Å². The van der Waals surface area contributed by atoms with Gasteiger partial charge in [-0.25, -0.2) is 4.98 Å². The lowest BCUT2D eigenvalue weighted by atomic mass is 10.2. The highest BCUT2D eigenvalue weighted by molar-refractivity contribution is 6.35. The number of H-pyrrole nitrogens is 1.